The lowest BCUT2D eigenvalue weighted by atomic mass is 9.95. The molecule has 0 amide bonds. The highest BCUT2D eigenvalue weighted by Gasteiger charge is 2.39. The van der Waals surface area contributed by atoms with E-state index in [9.17, 15) is 0 Å². The predicted molar refractivity (Wildman–Crippen MR) is 69.1 cm³/mol. The van der Waals surface area contributed by atoms with Gasteiger partial charge in [0, 0.05) is 12.6 Å². The molecule has 2 fully saturated rings. The summed E-state index contributed by atoms with van der Waals surface area (Å²) >= 11 is 0. The van der Waals surface area contributed by atoms with E-state index in [1.807, 2.05) is 6.20 Å². The minimum absolute atomic E-state index is 0.625. The van der Waals surface area contributed by atoms with Crippen molar-refractivity contribution in [2.75, 3.05) is 17.2 Å². The minimum atomic E-state index is 0.625. The summed E-state index contributed by atoms with van der Waals surface area (Å²) in [4.78, 5) is 8.74. The fourth-order valence-electron chi connectivity index (χ4n) is 3.31. The van der Waals surface area contributed by atoms with E-state index in [1.54, 1.807) is 6.20 Å². The quantitative estimate of drug-likeness (QED) is 0.837. The lowest BCUT2D eigenvalue weighted by molar-refractivity contribution is 0.439. The van der Waals surface area contributed by atoms with Crippen LogP contribution < -0.4 is 10.6 Å². The van der Waals surface area contributed by atoms with Crippen molar-refractivity contribution in [1.29, 1.82) is 0 Å². The van der Waals surface area contributed by atoms with Crippen molar-refractivity contribution in [2.24, 2.45) is 11.8 Å². The van der Waals surface area contributed by atoms with Crippen LogP contribution in [0, 0.1) is 11.8 Å². The van der Waals surface area contributed by atoms with Gasteiger partial charge < -0.3 is 10.6 Å². The topological polar surface area (TPSA) is 49.8 Å². The van der Waals surface area contributed by atoms with Crippen LogP contribution in [-0.4, -0.2) is 22.6 Å². The van der Waals surface area contributed by atoms with Gasteiger partial charge in [0.2, 0.25) is 0 Å². The zero-order valence-corrected chi connectivity index (χ0v) is 10.3. The maximum absolute atomic E-state index is 4.52. The van der Waals surface area contributed by atoms with Gasteiger partial charge in [-0.3, -0.25) is 4.98 Å². The van der Waals surface area contributed by atoms with Crippen LogP contribution in [0.5, 0.6) is 0 Å². The van der Waals surface area contributed by atoms with Gasteiger partial charge in [-0.25, -0.2) is 4.98 Å². The van der Waals surface area contributed by atoms with Gasteiger partial charge in [-0.05, 0) is 38.0 Å². The summed E-state index contributed by atoms with van der Waals surface area (Å²) in [6.45, 7) is 2.95. The van der Waals surface area contributed by atoms with E-state index < -0.39 is 0 Å². The van der Waals surface area contributed by atoms with E-state index in [2.05, 4.69) is 27.5 Å². The lowest BCUT2D eigenvalue weighted by Gasteiger charge is -2.23. The molecule has 2 aliphatic rings. The van der Waals surface area contributed by atoms with Crippen LogP contribution in [0.1, 0.15) is 32.6 Å². The van der Waals surface area contributed by atoms with Gasteiger partial charge in [-0.2, -0.15) is 0 Å². The van der Waals surface area contributed by atoms with E-state index in [4.69, 9.17) is 0 Å². The molecule has 0 aliphatic heterocycles. The predicted octanol–water partition coefficient (Wildman–Crippen LogP) is 2.51. The van der Waals surface area contributed by atoms with Crippen LogP contribution in [0.3, 0.4) is 0 Å². The van der Waals surface area contributed by atoms with Gasteiger partial charge in [0.05, 0.1) is 12.4 Å². The maximum Gasteiger partial charge on any atom is 0.147 e. The third-order valence-corrected chi connectivity index (χ3v) is 4.06. The molecular formula is C13H20N4. The average molecular weight is 232 g/mol. The molecule has 1 aromatic rings. The van der Waals surface area contributed by atoms with Gasteiger partial charge >= 0.3 is 0 Å². The summed E-state index contributed by atoms with van der Waals surface area (Å²) in [5, 5.41) is 6.75. The van der Waals surface area contributed by atoms with Gasteiger partial charge in [0.15, 0.2) is 0 Å². The van der Waals surface area contributed by atoms with E-state index in [-0.39, 0.29) is 0 Å². The molecule has 2 N–H and O–H groups in total. The van der Waals surface area contributed by atoms with Crippen LogP contribution in [0.4, 0.5) is 11.6 Å². The molecular weight excluding hydrogens is 212 g/mol. The molecule has 3 rings (SSSR count). The van der Waals surface area contributed by atoms with Gasteiger partial charge in [-0.15, -0.1) is 0 Å². The summed E-state index contributed by atoms with van der Waals surface area (Å²) in [5.41, 5.74) is 0. The third kappa shape index (κ3) is 2.21. The number of anilines is 2. The summed E-state index contributed by atoms with van der Waals surface area (Å²) in [7, 11) is 0. The fourth-order valence-corrected chi connectivity index (χ4v) is 3.31. The van der Waals surface area contributed by atoms with E-state index in [1.165, 1.54) is 25.7 Å². The SMILES string of the molecule is CCNc1cncc(NC2CC3CCC2C3)n1. The van der Waals surface area contributed by atoms with Crippen LogP contribution in [0.2, 0.25) is 0 Å². The molecule has 4 heteroatoms. The summed E-state index contributed by atoms with van der Waals surface area (Å²) in [6, 6.07) is 0.625. The molecule has 17 heavy (non-hydrogen) atoms. The number of fused-ring (bicyclic) bond motifs is 2. The summed E-state index contributed by atoms with van der Waals surface area (Å²) < 4.78 is 0. The lowest BCUT2D eigenvalue weighted by Crippen LogP contribution is -2.26. The molecule has 92 valence electrons. The molecule has 0 spiro atoms. The molecule has 4 nitrogen and oxygen atoms in total. The summed E-state index contributed by atoms with van der Waals surface area (Å²) in [6.07, 6.45) is 9.16. The molecule has 1 heterocycles. The van der Waals surface area contributed by atoms with Gasteiger partial charge in [0.25, 0.3) is 0 Å². The first-order chi connectivity index (χ1) is 8.35. The Balaban J connectivity index is 1.66. The van der Waals surface area contributed by atoms with Crippen LogP contribution in [0.15, 0.2) is 12.4 Å². The zero-order valence-electron chi connectivity index (χ0n) is 10.3. The molecule has 2 aliphatic carbocycles. The Labute approximate surface area is 102 Å². The highest BCUT2D eigenvalue weighted by Crippen LogP contribution is 2.45. The minimum Gasteiger partial charge on any atom is -0.369 e. The number of nitrogens with zero attached hydrogens (tertiary/aromatic N) is 2. The first-order valence-corrected chi connectivity index (χ1v) is 6.67. The Kier molecular flexibility index (Phi) is 2.87. The molecule has 0 saturated heterocycles. The molecule has 3 unspecified atom stereocenters. The Hall–Kier alpha value is -1.32. The molecule has 2 saturated carbocycles. The first-order valence-electron chi connectivity index (χ1n) is 6.67. The first kappa shape index (κ1) is 10.8. The van der Waals surface area contributed by atoms with Gasteiger partial charge in [-0.1, -0.05) is 6.42 Å². The van der Waals surface area contributed by atoms with Crippen LogP contribution in [0.25, 0.3) is 0 Å². The summed E-state index contributed by atoms with van der Waals surface area (Å²) in [5.74, 6) is 3.61. The number of rotatable bonds is 4. The van der Waals surface area contributed by atoms with Crippen LogP contribution >= 0.6 is 0 Å². The molecule has 0 radical (unpaired) electrons. The molecule has 0 aromatic carbocycles. The smallest absolute Gasteiger partial charge is 0.147 e. The van der Waals surface area contributed by atoms with Crippen molar-refractivity contribution in [3.05, 3.63) is 12.4 Å². The van der Waals surface area contributed by atoms with Crippen molar-refractivity contribution in [1.82, 2.24) is 9.97 Å². The third-order valence-electron chi connectivity index (χ3n) is 4.06. The second kappa shape index (κ2) is 4.51. The standard InChI is InChI=1S/C13H20N4/c1-2-15-12-7-14-8-13(17-12)16-11-6-9-3-4-10(11)5-9/h7-11H,2-6H2,1H3,(H2,15,16,17). The molecule has 1 aromatic heterocycles. The Morgan fingerprint density at radius 2 is 2.12 bits per heavy atom. The van der Waals surface area contributed by atoms with E-state index in [0.29, 0.717) is 6.04 Å². The Morgan fingerprint density at radius 1 is 1.24 bits per heavy atom. The monoisotopic (exact) mass is 232 g/mol. The second-order valence-corrected chi connectivity index (χ2v) is 5.25. The van der Waals surface area contributed by atoms with Crippen molar-refractivity contribution in [2.45, 2.75) is 38.6 Å². The number of hydrogen-bond donors (Lipinski definition) is 2. The second-order valence-electron chi connectivity index (χ2n) is 5.25. The van der Waals surface area contributed by atoms with Crippen molar-refractivity contribution >= 4 is 11.6 Å². The highest BCUT2D eigenvalue weighted by molar-refractivity contribution is 5.42. The largest absolute Gasteiger partial charge is 0.369 e. The van der Waals surface area contributed by atoms with Crippen molar-refractivity contribution < 1.29 is 0 Å². The van der Waals surface area contributed by atoms with E-state index >= 15 is 0 Å². The van der Waals surface area contributed by atoms with E-state index in [0.717, 1.165) is 30.0 Å². The highest BCUT2D eigenvalue weighted by atomic mass is 15.1. The van der Waals surface area contributed by atoms with Gasteiger partial charge in [0.1, 0.15) is 11.6 Å². The molecule has 3 atom stereocenters. The average Bonchev–Trinajstić information content (AvgIpc) is 2.92. The fraction of sp³-hybridized carbons (Fsp3) is 0.692. The number of hydrogen-bond acceptors (Lipinski definition) is 4. The van der Waals surface area contributed by atoms with Crippen LogP contribution in [-0.2, 0) is 0 Å². The Bertz CT molecular complexity index is 393. The number of nitrogens with one attached hydrogen (secondary N) is 2. The van der Waals surface area contributed by atoms with Crippen molar-refractivity contribution in [3.63, 3.8) is 0 Å². The normalized spacial score (nSPS) is 30.5. The number of aromatic nitrogens is 2. The van der Waals surface area contributed by atoms with Crippen molar-refractivity contribution in [3.8, 4) is 0 Å². The zero-order chi connectivity index (χ0) is 11.7. The Morgan fingerprint density at radius 3 is 2.82 bits per heavy atom. The maximum atomic E-state index is 4.52. The molecule has 2 bridgehead atoms.